The predicted molar refractivity (Wildman–Crippen MR) is 39.7 cm³/mol. The molecule has 0 aromatic carbocycles. The molecule has 0 bridgehead atoms. The van der Waals surface area contributed by atoms with Crippen LogP contribution in [0.3, 0.4) is 0 Å². The van der Waals surface area contributed by atoms with Crippen LogP contribution in [-0.2, 0) is 19.1 Å². The minimum atomic E-state index is -1.50. The zero-order chi connectivity index (χ0) is 10.4. The molecule has 0 rings (SSSR count). The molecular formula is C7H10O6. The Hall–Kier alpha value is -1.27. The first-order valence-electron chi connectivity index (χ1n) is 3.48. The molecule has 0 aliphatic carbocycles. The van der Waals surface area contributed by atoms with Crippen molar-refractivity contribution < 1.29 is 29.3 Å². The number of carbonyl (C=O) groups is 3. The van der Waals surface area contributed by atoms with Gasteiger partial charge >= 0.3 is 5.97 Å². The Labute approximate surface area is 74.1 Å². The fraction of sp³-hybridized carbons (Fsp3) is 0.571. The molecule has 0 heterocycles. The molecule has 13 heavy (non-hydrogen) atoms. The highest BCUT2D eigenvalue weighted by atomic mass is 16.6. The van der Waals surface area contributed by atoms with Gasteiger partial charge in [0.25, 0.3) is 0 Å². The minimum Gasteiger partial charge on any atom is -0.446 e. The van der Waals surface area contributed by atoms with Crippen molar-refractivity contribution in [3.63, 3.8) is 0 Å². The van der Waals surface area contributed by atoms with Crippen molar-refractivity contribution in [1.29, 1.82) is 0 Å². The van der Waals surface area contributed by atoms with Gasteiger partial charge in [-0.1, -0.05) is 0 Å². The number of esters is 1. The highest BCUT2D eigenvalue weighted by Gasteiger charge is 2.23. The van der Waals surface area contributed by atoms with Gasteiger partial charge in [0.1, 0.15) is 6.10 Å². The fourth-order valence-corrected chi connectivity index (χ4v) is 0.507. The van der Waals surface area contributed by atoms with Crippen LogP contribution in [0.5, 0.6) is 0 Å². The molecule has 0 saturated carbocycles. The van der Waals surface area contributed by atoms with Crippen molar-refractivity contribution in [3.05, 3.63) is 0 Å². The van der Waals surface area contributed by atoms with E-state index in [0.717, 1.165) is 6.92 Å². The minimum absolute atomic E-state index is 0.141. The van der Waals surface area contributed by atoms with Crippen LogP contribution < -0.4 is 0 Å². The summed E-state index contributed by atoms with van der Waals surface area (Å²) in [5.41, 5.74) is 0. The highest BCUT2D eigenvalue weighted by molar-refractivity contribution is 6.32. The standard InChI is InChI=1S/C7H10O6/c1-4(10)7(12)13-6(3-9)5(11)2-8/h3,5-6,8,11H,2H2,1H3/t5-,6+/m1/s1. The second kappa shape index (κ2) is 5.39. The van der Waals surface area contributed by atoms with Crippen molar-refractivity contribution in [2.75, 3.05) is 6.61 Å². The van der Waals surface area contributed by atoms with Crippen molar-refractivity contribution in [1.82, 2.24) is 0 Å². The van der Waals surface area contributed by atoms with Gasteiger partial charge in [-0.3, -0.25) is 9.59 Å². The van der Waals surface area contributed by atoms with Gasteiger partial charge in [-0.2, -0.15) is 0 Å². The molecule has 6 nitrogen and oxygen atoms in total. The maximum atomic E-state index is 10.6. The lowest BCUT2D eigenvalue weighted by Gasteiger charge is -2.14. The summed E-state index contributed by atoms with van der Waals surface area (Å²) in [5, 5.41) is 17.3. The molecule has 0 spiro atoms. The third-order valence-electron chi connectivity index (χ3n) is 1.23. The van der Waals surface area contributed by atoms with E-state index >= 15 is 0 Å². The van der Waals surface area contributed by atoms with E-state index in [1.54, 1.807) is 0 Å². The molecule has 0 amide bonds. The Balaban J connectivity index is 4.20. The molecular weight excluding hydrogens is 180 g/mol. The average molecular weight is 190 g/mol. The molecule has 0 radical (unpaired) electrons. The molecule has 6 heteroatoms. The quantitative estimate of drug-likeness (QED) is 0.296. The van der Waals surface area contributed by atoms with E-state index in [2.05, 4.69) is 4.74 Å². The number of aliphatic hydroxyl groups excluding tert-OH is 2. The summed E-state index contributed by atoms with van der Waals surface area (Å²) < 4.78 is 4.25. The topological polar surface area (TPSA) is 101 Å². The molecule has 0 saturated heterocycles. The number of hydrogen-bond donors (Lipinski definition) is 2. The molecule has 0 aliphatic heterocycles. The SMILES string of the molecule is CC(=O)C(=O)O[C@@H](C=O)[C@H](O)CO. The van der Waals surface area contributed by atoms with Gasteiger partial charge in [0.15, 0.2) is 12.4 Å². The summed E-state index contributed by atoms with van der Waals surface area (Å²) in [6, 6.07) is 0. The maximum absolute atomic E-state index is 10.6. The van der Waals surface area contributed by atoms with Gasteiger partial charge in [0.2, 0.25) is 5.78 Å². The van der Waals surface area contributed by atoms with E-state index in [1.165, 1.54) is 0 Å². The Morgan fingerprint density at radius 3 is 2.38 bits per heavy atom. The van der Waals surface area contributed by atoms with E-state index < -0.39 is 30.6 Å². The van der Waals surface area contributed by atoms with Crippen LogP contribution in [0.4, 0.5) is 0 Å². The first kappa shape index (κ1) is 11.7. The van der Waals surface area contributed by atoms with Gasteiger partial charge in [0, 0.05) is 6.92 Å². The van der Waals surface area contributed by atoms with Crippen LogP contribution in [0.1, 0.15) is 6.92 Å². The number of rotatable bonds is 5. The number of hydrogen-bond acceptors (Lipinski definition) is 6. The first-order valence-corrected chi connectivity index (χ1v) is 3.48. The Bertz CT molecular complexity index is 211. The molecule has 0 aromatic rings. The van der Waals surface area contributed by atoms with Crippen molar-refractivity contribution in [3.8, 4) is 0 Å². The monoisotopic (exact) mass is 190 g/mol. The number of Topliss-reactive ketones (excluding diaryl/α,β-unsaturated/α-hetero) is 1. The number of carbonyl (C=O) groups excluding carboxylic acids is 3. The largest absolute Gasteiger partial charge is 0.446 e. The van der Waals surface area contributed by atoms with Crippen LogP contribution in [0.2, 0.25) is 0 Å². The molecule has 0 aliphatic rings. The molecule has 74 valence electrons. The third kappa shape index (κ3) is 3.77. The normalized spacial score (nSPS) is 14.4. The second-order valence-electron chi connectivity index (χ2n) is 2.31. The third-order valence-corrected chi connectivity index (χ3v) is 1.23. The van der Waals surface area contributed by atoms with Crippen LogP contribution in [-0.4, -0.2) is 47.1 Å². The van der Waals surface area contributed by atoms with Crippen LogP contribution >= 0.6 is 0 Å². The molecule has 0 aromatic heterocycles. The van der Waals surface area contributed by atoms with Gasteiger partial charge in [-0.25, -0.2) is 4.79 Å². The summed E-state index contributed by atoms with van der Waals surface area (Å²) in [6.07, 6.45) is -2.86. The van der Waals surface area contributed by atoms with E-state index in [0.29, 0.717) is 0 Å². The van der Waals surface area contributed by atoms with Crippen LogP contribution in [0.25, 0.3) is 0 Å². The molecule has 0 unspecified atom stereocenters. The lowest BCUT2D eigenvalue weighted by atomic mass is 10.2. The second-order valence-corrected chi connectivity index (χ2v) is 2.31. The number of aldehydes is 1. The summed E-state index contributed by atoms with van der Waals surface area (Å²) in [5.74, 6) is -2.10. The van der Waals surface area contributed by atoms with E-state index in [4.69, 9.17) is 10.2 Å². The van der Waals surface area contributed by atoms with Gasteiger partial charge in [0.05, 0.1) is 6.61 Å². The number of ether oxygens (including phenoxy) is 1. The van der Waals surface area contributed by atoms with Crippen LogP contribution in [0, 0.1) is 0 Å². The summed E-state index contributed by atoms with van der Waals surface area (Å²) >= 11 is 0. The Morgan fingerprint density at radius 1 is 1.54 bits per heavy atom. The highest BCUT2D eigenvalue weighted by Crippen LogP contribution is 1.97. The summed E-state index contributed by atoms with van der Waals surface area (Å²) in [4.78, 5) is 31.2. The number of ketones is 1. The van der Waals surface area contributed by atoms with Crippen molar-refractivity contribution in [2.45, 2.75) is 19.1 Å². The lowest BCUT2D eigenvalue weighted by molar-refractivity contribution is -0.164. The van der Waals surface area contributed by atoms with E-state index in [9.17, 15) is 14.4 Å². The van der Waals surface area contributed by atoms with E-state index in [1.807, 2.05) is 0 Å². The van der Waals surface area contributed by atoms with Gasteiger partial charge < -0.3 is 14.9 Å². The fourth-order valence-electron chi connectivity index (χ4n) is 0.507. The van der Waals surface area contributed by atoms with Crippen molar-refractivity contribution >= 4 is 18.0 Å². The first-order chi connectivity index (χ1) is 6.02. The van der Waals surface area contributed by atoms with Crippen LogP contribution in [0.15, 0.2) is 0 Å². The van der Waals surface area contributed by atoms with E-state index in [-0.39, 0.29) is 6.29 Å². The molecule has 0 fully saturated rings. The summed E-state index contributed by atoms with van der Waals surface area (Å²) in [7, 11) is 0. The predicted octanol–water partition coefficient (Wildman–Crippen LogP) is -1.96. The number of aliphatic hydroxyl groups is 2. The van der Waals surface area contributed by atoms with Crippen molar-refractivity contribution in [2.24, 2.45) is 0 Å². The Kier molecular flexibility index (Phi) is 4.86. The zero-order valence-electron chi connectivity index (χ0n) is 6.97. The lowest BCUT2D eigenvalue weighted by Crippen LogP contribution is -2.36. The molecule has 2 N–H and O–H groups in total. The molecule has 2 atom stereocenters. The zero-order valence-corrected chi connectivity index (χ0v) is 6.97. The van der Waals surface area contributed by atoms with Gasteiger partial charge in [-0.15, -0.1) is 0 Å². The average Bonchev–Trinajstić information content (AvgIpc) is 2.12. The summed E-state index contributed by atoms with van der Waals surface area (Å²) in [6.45, 7) is 0.240. The Morgan fingerprint density at radius 2 is 2.08 bits per heavy atom. The van der Waals surface area contributed by atoms with Gasteiger partial charge in [-0.05, 0) is 0 Å². The smallest absolute Gasteiger partial charge is 0.375 e. The maximum Gasteiger partial charge on any atom is 0.375 e.